The number of hydrogen-bond acceptors (Lipinski definition) is 6. The van der Waals surface area contributed by atoms with Crippen LogP contribution in [0, 0.1) is 10.1 Å². The molecule has 0 amide bonds. The number of aromatic nitrogens is 2. The molecule has 8 nitrogen and oxygen atoms in total. The van der Waals surface area contributed by atoms with Crippen LogP contribution in [0.5, 0.6) is 11.5 Å². The fraction of sp³-hybridized carbons (Fsp3) is 0.235. The number of ether oxygens (including phenoxy) is 2. The maximum Gasteiger partial charge on any atom is 0.286 e. The second kappa shape index (κ2) is 6.06. The summed E-state index contributed by atoms with van der Waals surface area (Å²) >= 11 is 0. The first-order valence-corrected chi connectivity index (χ1v) is 7.93. The smallest absolute Gasteiger partial charge is 0.286 e. The molecule has 0 saturated carbocycles. The molecule has 0 unspecified atom stereocenters. The van der Waals surface area contributed by atoms with Crippen molar-refractivity contribution in [2.24, 2.45) is 5.73 Å². The summed E-state index contributed by atoms with van der Waals surface area (Å²) in [7, 11) is 0. The van der Waals surface area contributed by atoms with Gasteiger partial charge in [-0.2, -0.15) is 0 Å². The van der Waals surface area contributed by atoms with Gasteiger partial charge in [-0.05, 0) is 30.8 Å². The van der Waals surface area contributed by atoms with Gasteiger partial charge in [-0.1, -0.05) is 0 Å². The van der Waals surface area contributed by atoms with Crippen molar-refractivity contribution in [3.05, 3.63) is 52.3 Å². The lowest BCUT2D eigenvalue weighted by Crippen LogP contribution is -2.15. The number of pyridine rings is 1. The summed E-state index contributed by atoms with van der Waals surface area (Å²) in [6, 6.07) is 8.72. The van der Waals surface area contributed by atoms with Crippen molar-refractivity contribution in [3.8, 4) is 22.8 Å². The Morgan fingerprint density at radius 2 is 2.00 bits per heavy atom. The molecule has 25 heavy (non-hydrogen) atoms. The fourth-order valence-corrected chi connectivity index (χ4v) is 2.99. The highest BCUT2D eigenvalue weighted by atomic mass is 16.6. The monoisotopic (exact) mass is 340 g/mol. The molecule has 8 heteroatoms. The van der Waals surface area contributed by atoms with E-state index in [0.29, 0.717) is 43.3 Å². The van der Waals surface area contributed by atoms with Crippen molar-refractivity contribution < 1.29 is 14.4 Å². The molecule has 4 rings (SSSR count). The van der Waals surface area contributed by atoms with Gasteiger partial charge in [0.1, 0.15) is 18.9 Å². The largest absolute Gasteiger partial charge is 0.486 e. The zero-order chi connectivity index (χ0) is 17.4. The van der Waals surface area contributed by atoms with Crippen LogP contribution >= 0.6 is 0 Å². The third-order valence-corrected chi connectivity index (χ3v) is 4.11. The molecule has 0 radical (unpaired) electrons. The molecule has 2 aromatic heterocycles. The molecule has 0 fully saturated rings. The van der Waals surface area contributed by atoms with Gasteiger partial charge >= 0.3 is 0 Å². The molecular weight excluding hydrogens is 324 g/mol. The van der Waals surface area contributed by atoms with Gasteiger partial charge in [0.2, 0.25) is 0 Å². The Kier molecular flexibility index (Phi) is 3.73. The van der Waals surface area contributed by atoms with Crippen LogP contribution in [-0.4, -0.2) is 34.1 Å². The predicted molar refractivity (Wildman–Crippen MR) is 91.0 cm³/mol. The van der Waals surface area contributed by atoms with Crippen molar-refractivity contribution in [3.63, 3.8) is 0 Å². The molecule has 2 N–H and O–H groups in total. The molecule has 1 aliphatic heterocycles. The van der Waals surface area contributed by atoms with E-state index in [-0.39, 0.29) is 5.69 Å². The van der Waals surface area contributed by atoms with E-state index in [2.05, 4.69) is 4.98 Å². The molecule has 3 aromatic rings. The van der Waals surface area contributed by atoms with Gasteiger partial charge in [0.05, 0.1) is 22.5 Å². The Morgan fingerprint density at radius 1 is 1.20 bits per heavy atom. The highest BCUT2D eigenvalue weighted by Crippen LogP contribution is 2.35. The van der Waals surface area contributed by atoms with Gasteiger partial charge in [0.15, 0.2) is 11.5 Å². The molecule has 0 atom stereocenters. The standard InChI is InChI=1S/C17H16N4O4/c18-6-5-13-17(11-1-3-14-15(9-11)25-8-7-24-14)19-16-4-2-12(21(22)23)10-20(13)16/h1-4,9-10H,5-8,18H2. The van der Waals surface area contributed by atoms with Crippen molar-refractivity contribution in [2.45, 2.75) is 6.42 Å². The van der Waals surface area contributed by atoms with Crippen LogP contribution in [0.15, 0.2) is 36.5 Å². The molecule has 0 bridgehead atoms. The molecule has 1 aliphatic rings. The Labute approximate surface area is 143 Å². The summed E-state index contributed by atoms with van der Waals surface area (Å²) in [5, 5.41) is 11.1. The zero-order valence-corrected chi connectivity index (χ0v) is 13.3. The van der Waals surface area contributed by atoms with E-state index in [1.165, 1.54) is 12.3 Å². The van der Waals surface area contributed by atoms with E-state index in [0.717, 1.165) is 17.0 Å². The number of hydrogen-bond donors (Lipinski definition) is 1. The van der Waals surface area contributed by atoms with Crippen LogP contribution in [0.3, 0.4) is 0 Å². The van der Waals surface area contributed by atoms with Gasteiger partial charge in [-0.3, -0.25) is 14.5 Å². The zero-order valence-electron chi connectivity index (χ0n) is 13.3. The summed E-state index contributed by atoms with van der Waals surface area (Å²) < 4.78 is 12.9. The van der Waals surface area contributed by atoms with E-state index in [1.807, 2.05) is 18.2 Å². The molecular formula is C17H16N4O4. The Hall–Kier alpha value is -3.13. The van der Waals surface area contributed by atoms with Crippen LogP contribution in [0.4, 0.5) is 5.69 Å². The molecule has 3 heterocycles. The van der Waals surface area contributed by atoms with E-state index in [4.69, 9.17) is 15.2 Å². The van der Waals surface area contributed by atoms with Crippen LogP contribution < -0.4 is 15.2 Å². The minimum atomic E-state index is -0.421. The maximum atomic E-state index is 11.1. The Balaban J connectivity index is 1.88. The third-order valence-electron chi connectivity index (χ3n) is 4.11. The predicted octanol–water partition coefficient (Wildman–Crippen LogP) is 2.18. The van der Waals surface area contributed by atoms with Gasteiger partial charge in [-0.15, -0.1) is 0 Å². The SMILES string of the molecule is NCCc1c(-c2ccc3c(c2)OCCO3)nc2ccc([N+](=O)[O-])cn12. The number of nitro groups is 1. The summed E-state index contributed by atoms with van der Waals surface area (Å²) in [5.41, 5.74) is 8.83. The third kappa shape index (κ3) is 2.66. The topological polar surface area (TPSA) is 105 Å². The summed E-state index contributed by atoms with van der Waals surface area (Å²) in [6.45, 7) is 1.44. The summed E-state index contributed by atoms with van der Waals surface area (Å²) in [6.07, 6.45) is 2.03. The first-order valence-electron chi connectivity index (χ1n) is 7.93. The summed E-state index contributed by atoms with van der Waals surface area (Å²) in [4.78, 5) is 15.3. The molecule has 0 saturated heterocycles. The van der Waals surface area contributed by atoms with Crippen molar-refractivity contribution in [2.75, 3.05) is 19.8 Å². The van der Waals surface area contributed by atoms with Crippen molar-refractivity contribution in [1.29, 1.82) is 0 Å². The highest BCUT2D eigenvalue weighted by Gasteiger charge is 2.19. The number of nitrogens with zero attached hydrogens (tertiary/aromatic N) is 3. The van der Waals surface area contributed by atoms with Crippen molar-refractivity contribution in [1.82, 2.24) is 9.38 Å². The Bertz CT molecular complexity index is 967. The van der Waals surface area contributed by atoms with E-state index >= 15 is 0 Å². The maximum absolute atomic E-state index is 11.1. The van der Waals surface area contributed by atoms with Crippen molar-refractivity contribution >= 4 is 11.3 Å². The normalized spacial score (nSPS) is 13.2. The number of imidazole rings is 1. The lowest BCUT2D eigenvalue weighted by molar-refractivity contribution is -0.385. The number of rotatable bonds is 4. The number of nitrogens with two attached hydrogens (primary N) is 1. The van der Waals surface area contributed by atoms with Gasteiger partial charge in [-0.25, -0.2) is 4.98 Å². The summed E-state index contributed by atoms with van der Waals surface area (Å²) in [5.74, 6) is 1.38. The molecule has 0 spiro atoms. The second-order valence-electron chi connectivity index (χ2n) is 5.68. The fourth-order valence-electron chi connectivity index (χ4n) is 2.99. The number of fused-ring (bicyclic) bond motifs is 2. The molecule has 128 valence electrons. The van der Waals surface area contributed by atoms with Crippen LogP contribution in [0.2, 0.25) is 0 Å². The average molecular weight is 340 g/mol. The molecule has 1 aromatic carbocycles. The second-order valence-corrected chi connectivity index (χ2v) is 5.68. The van der Waals surface area contributed by atoms with E-state index < -0.39 is 4.92 Å². The van der Waals surface area contributed by atoms with E-state index in [9.17, 15) is 10.1 Å². The lowest BCUT2D eigenvalue weighted by atomic mass is 10.1. The van der Waals surface area contributed by atoms with Crippen LogP contribution in [0.25, 0.3) is 16.9 Å². The quantitative estimate of drug-likeness (QED) is 0.576. The highest BCUT2D eigenvalue weighted by molar-refractivity contribution is 5.70. The first kappa shape index (κ1) is 15.4. The van der Waals surface area contributed by atoms with E-state index in [1.54, 1.807) is 10.5 Å². The minimum absolute atomic E-state index is 0.0110. The van der Waals surface area contributed by atoms with Gasteiger partial charge in [0.25, 0.3) is 5.69 Å². The minimum Gasteiger partial charge on any atom is -0.486 e. The molecule has 0 aliphatic carbocycles. The van der Waals surface area contributed by atoms with Crippen LogP contribution in [-0.2, 0) is 6.42 Å². The average Bonchev–Trinajstić information content (AvgIpc) is 2.99. The first-order chi connectivity index (χ1) is 12.2. The van der Waals surface area contributed by atoms with Crippen LogP contribution in [0.1, 0.15) is 5.69 Å². The Morgan fingerprint density at radius 3 is 2.76 bits per heavy atom. The lowest BCUT2D eigenvalue weighted by Gasteiger charge is -2.18. The number of benzene rings is 1. The van der Waals surface area contributed by atoms with Gasteiger partial charge < -0.3 is 15.2 Å². The van der Waals surface area contributed by atoms with Gasteiger partial charge in [0, 0.05) is 18.1 Å².